The van der Waals surface area contributed by atoms with Gasteiger partial charge < -0.3 is 4.74 Å². The molecule has 104 valence electrons. The van der Waals surface area contributed by atoms with E-state index in [1.165, 1.54) is 19.2 Å². The second kappa shape index (κ2) is 5.64. The molecule has 0 saturated carbocycles. The van der Waals surface area contributed by atoms with Crippen LogP contribution in [-0.2, 0) is 0 Å². The fraction of sp³-hybridized carbons (Fsp3) is 0.214. The number of nitrogens with zero attached hydrogens (tertiary/aromatic N) is 2. The molecule has 5 nitrogen and oxygen atoms in total. The van der Waals surface area contributed by atoms with E-state index >= 15 is 0 Å². The molecule has 0 aliphatic rings. The molecule has 0 atom stereocenters. The van der Waals surface area contributed by atoms with E-state index in [9.17, 15) is 9.18 Å². The summed E-state index contributed by atoms with van der Waals surface area (Å²) in [5.74, 6) is -0.781. The Kier molecular flexibility index (Phi) is 3.93. The van der Waals surface area contributed by atoms with Gasteiger partial charge in [0.2, 0.25) is 11.8 Å². The van der Waals surface area contributed by atoms with Crippen LogP contribution in [0, 0.1) is 19.7 Å². The number of hydrogen-bond acceptors (Lipinski definition) is 4. The third-order valence-corrected chi connectivity index (χ3v) is 2.63. The maximum absolute atomic E-state index is 13.6. The molecule has 1 N–H and O–H groups in total. The topological polar surface area (TPSA) is 64.1 Å². The number of ether oxygens (including phenoxy) is 1. The first-order valence-corrected chi connectivity index (χ1v) is 5.97. The number of rotatable bonds is 3. The van der Waals surface area contributed by atoms with E-state index in [2.05, 4.69) is 15.3 Å². The lowest BCUT2D eigenvalue weighted by atomic mass is 10.1. The van der Waals surface area contributed by atoms with Crippen LogP contribution < -0.4 is 10.1 Å². The Bertz CT molecular complexity index is 659. The smallest absolute Gasteiger partial charge is 0.261 e. The number of carbonyl (C=O) groups is 1. The Balaban J connectivity index is 2.27. The van der Waals surface area contributed by atoms with Crippen molar-refractivity contribution in [1.29, 1.82) is 0 Å². The second-order valence-corrected chi connectivity index (χ2v) is 4.31. The summed E-state index contributed by atoms with van der Waals surface area (Å²) in [5.41, 5.74) is 1.38. The number of aromatic nitrogens is 2. The Morgan fingerprint density at radius 2 is 2.00 bits per heavy atom. The summed E-state index contributed by atoms with van der Waals surface area (Å²) in [6, 6.07) is 5.95. The highest BCUT2D eigenvalue weighted by Crippen LogP contribution is 2.14. The number of halogens is 1. The Labute approximate surface area is 115 Å². The summed E-state index contributed by atoms with van der Waals surface area (Å²) in [7, 11) is 1.47. The van der Waals surface area contributed by atoms with Crippen molar-refractivity contribution in [3.8, 4) is 5.88 Å². The van der Waals surface area contributed by atoms with Crippen molar-refractivity contribution in [2.24, 2.45) is 0 Å². The van der Waals surface area contributed by atoms with E-state index in [4.69, 9.17) is 4.74 Å². The molecule has 1 aromatic heterocycles. The molecule has 0 radical (unpaired) electrons. The van der Waals surface area contributed by atoms with E-state index in [1.807, 2.05) is 0 Å². The van der Waals surface area contributed by atoms with Gasteiger partial charge in [0, 0.05) is 11.8 Å². The molecule has 0 bridgehead atoms. The van der Waals surface area contributed by atoms with Crippen LogP contribution in [0.3, 0.4) is 0 Å². The predicted molar refractivity (Wildman–Crippen MR) is 72.4 cm³/mol. The van der Waals surface area contributed by atoms with Gasteiger partial charge in [-0.15, -0.1) is 0 Å². The third kappa shape index (κ3) is 3.09. The van der Waals surface area contributed by atoms with E-state index in [0.717, 1.165) is 5.56 Å². The van der Waals surface area contributed by atoms with Crippen LogP contribution in [0.15, 0.2) is 24.3 Å². The molecule has 2 rings (SSSR count). The number of nitrogens with one attached hydrogen (secondary N) is 1. The van der Waals surface area contributed by atoms with Crippen LogP contribution in [0.4, 0.5) is 10.3 Å². The fourth-order valence-electron chi connectivity index (χ4n) is 1.68. The first-order chi connectivity index (χ1) is 9.49. The lowest BCUT2D eigenvalue weighted by molar-refractivity contribution is 0.102. The molecule has 2 aromatic rings. The van der Waals surface area contributed by atoms with Crippen molar-refractivity contribution >= 4 is 11.9 Å². The van der Waals surface area contributed by atoms with Gasteiger partial charge in [-0.2, -0.15) is 4.98 Å². The molecule has 0 spiro atoms. The van der Waals surface area contributed by atoms with E-state index in [0.29, 0.717) is 11.6 Å². The summed E-state index contributed by atoms with van der Waals surface area (Å²) in [6.07, 6.45) is 0. The number of hydrogen-bond donors (Lipinski definition) is 1. The molecular weight excluding hydrogens is 261 g/mol. The highest BCUT2D eigenvalue weighted by molar-refractivity contribution is 6.03. The van der Waals surface area contributed by atoms with Crippen molar-refractivity contribution in [3.05, 3.63) is 46.9 Å². The van der Waals surface area contributed by atoms with Crippen LogP contribution in [-0.4, -0.2) is 23.0 Å². The van der Waals surface area contributed by atoms with Gasteiger partial charge in [-0.1, -0.05) is 11.6 Å². The van der Waals surface area contributed by atoms with Gasteiger partial charge in [0.1, 0.15) is 5.82 Å². The standard InChI is InChI=1S/C14H14FN3O2/c1-8-4-5-11(15)10(6-8)13(19)18-14-16-9(2)7-12(17-14)20-3/h4-7H,1-3H3,(H,16,17,18,19). The SMILES string of the molecule is COc1cc(C)nc(NC(=O)c2cc(C)ccc2F)n1. The van der Waals surface area contributed by atoms with E-state index in [1.54, 1.807) is 26.0 Å². The quantitative estimate of drug-likeness (QED) is 0.934. The molecule has 0 saturated heterocycles. The zero-order valence-electron chi connectivity index (χ0n) is 11.4. The molecule has 1 aromatic carbocycles. The minimum atomic E-state index is -0.598. The first kappa shape index (κ1) is 13.9. The Morgan fingerprint density at radius 1 is 1.25 bits per heavy atom. The number of benzene rings is 1. The maximum atomic E-state index is 13.6. The molecule has 0 aliphatic carbocycles. The molecule has 20 heavy (non-hydrogen) atoms. The van der Waals surface area contributed by atoms with Gasteiger partial charge in [0.05, 0.1) is 12.7 Å². The molecular formula is C14H14FN3O2. The number of anilines is 1. The van der Waals surface area contributed by atoms with Crippen molar-refractivity contribution in [2.45, 2.75) is 13.8 Å². The summed E-state index contributed by atoms with van der Waals surface area (Å²) in [6.45, 7) is 3.52. The molecule has 6 heteroatoms. The lowest BCUT2D eigenvalue weighted by Gasteiger charge is -2.07. The minimum absolute atomic E-state index is 0.0472. The summed E-state index contributed by atoms with van der Waals surface area (Å²) in [4.78, 5) is 20.1. The molecule has 0 unspecified atom stereocenters. The van der Waals surface area contributed by atoms with Gasteiger partial charge in [-0.25, -0.2) is 9.37 Å². The Hall–Kier alpha value is -2.50. The van der Waals surface area contributed by atoms with Crippen molar-refractivity contribution in [2.75, 3.05) is 12.4 Å². The van der Waals surface area contributed by atoms with Crippen LogP contribution in [0.1, 0.15) is 21.6 Å². The lowest BCUT2D eigenvalue weighted by Crippen LogP contribution is -2.16. The van der Waals surface area contributed by atoms with Crippen LogP contribution in [0.5, 0.6) is 5.88 Å². The number of carbonyl (C=O) groups excluding carboxylic acids is 1. The van der Waals surface area contributed by atoms with Gasteiger partial charge in [0.25, 0.3) is 5.91 Å². The average molecular weight is 275 g/mol. The van der Waals surface area contributed by atoms with Crippen molar-refractivity contribution in [1.82, 2.24) is 9.97 Å². The molecule has 1 heterocycles. The highest BCUT2D eigenvalue weighted by Gasteiger charge is 2.14. The third-order valence-electron chi connectivity index (χ3n) is 2.63. The van der Waals surface area contributed by atoms with Gasteiger partial charge in [-0.05, 0) is 26.0 Å². The number of amides is 1. The summed E-state index contributed by atoms with van der Waals surface area (Å²) >= 11 is 0. The number of aryl methyl sites for hydroxylation is 2. The second-order valence-electron chi connectivity index (χ2n) is 4.31. The largest absolute Gasteiger partial charge is 0.481 e. The zero-order valence-corrected chi connectivity index (χ0v) is 11.4. The Morgan fingerprint density at radius 3 is 2.70 bits per heavy atom. The number of methoxy groups -OCH3 is 1. The molecule has 0 aliphatic heterocycles. The van der Waals surface area contributed by atoms with Crippen LogP contribution in [0.2, 0.25) is 0 Å². The van der Waals surface area contributed by atoms with E-state index < -0.39 is 11.7 Å². The fourth-order valence-corrected chi connectivity index (χ4v) is 1.68. The van der Waals surface area contributed by atoms with Crippen LogP contribution >= 0.6 is 0 Å². The first-order valence-electron chi connectivity index (χ1n) is 5.97. The van der Waals surface area contributed by atoms with Gasteiger partial charge in [-0.3, -0.25) is 10.1 Å². The predicted octanol–water partition coefficient (Wildman–Crippen LogP) is 2.49. The van der Waals surface area contributed by atoms with Crippen molar-refractivity contribution in [3.63, 3.8) is 0 Å². The monoisotopic (exact) mass is 275 g/mol. The van der Waals surface area contributed by atoms with Gasteiger partial charge in [0.15, 0.2) is 0 Å². The van der Waals surface area contributed by atoms with Crippen molar-refractivity contribution < 1.29 is 13.9 Å². The maximum Gasteiger partial charge on any atom is 0.261 e. The zero-order chi connectivity index (χ0) is 14.7. The minimum Gasteiger partial charge on any atom is -0.481 e. The normalized spacial score (nSPS) is 10.2. The van der Waals surface area contributed by atoms with Crippen LogP contribution in [0.25, 0.3) is 0 Å². The van der Waals surface area contributed by atoms with E-state index in [-0.39, 0.29) is 11.5 Å². The van der Waals surface area contributed by atoms with Gasteiger partial charge >= 0.3 is 0 Å². The molecule has 1 amide bonds. The average Bonchev–Trinajstić information content (AvgIpc) is 2.40. The highest BCUT2D eigenvalue weighted by atomic mass is 19.1. The summed E-state index contributed by atoms with van der Waals surface area (Å²) in [5, 5.41) is 2.46. The summed E-state index contributed by atoms with van der Waals surface area (Å²) < 4.78 is 18.6. The molecule has 0 fully saturated rings.